The molecule has 0 aliphatic heterocycles. The van der Waals surface area contributed by atoms with E-state index < -0.39 is 0 Å². The Hall–Kier alpha value is -5.93. The second kappa shape index (κ2) is 12.4. The molecule has 3 atom stereocenters. The summed E-state index contributed by atoms with van der Waals surface area (Å²) in [6.45, 7) is 2.41. The van der Waals surface area contributed by atoms with Gasteiger partial charge in [-0.25, -0.2) is 15.0 Å². The van der Waals surface area contributed by atoms with Gasteiger partial charge < -0.3 is 0 Å². The average Bonchev–Trinajstić information content (AvgIpc) is 3.49. The van der Waals surface area contributed by atoms with Crippen molar-refractivity contribution in [3.05, 3.63) is 174 Å². The molecule has 0 N–H and O–H groups in total. The molecule has 1 spiro atoms. The minimum Gasteiger partial charge on any atom is -0.208 e. The third-order valence-corrected chi connectivity index (χ3v) is 11.7. The molecule has 250 valence electrons. The van der Waals surface area contributed by atoms with E-state index in [0.29, 0.717) is 23.4 Å². The van der Waals surface area contributed by atoms with E-state index >= 15 is 0 Å². The van der Waals surface area contributed by atoms with Gasteiger partial charge in [-0.15, -0.1) is 0 Å². The Labute approximate surface area is 305 Å². The van der Waals surface area contributed by atoms with Gasteiger partial charge in [0, 0.05) is 22.1 Å². The van der Waals surface area contributed by atoms with Crippen molar-refractivity contribution >= 4 is 0 Å². The maximum atomic E-state index is 5.03. The van der Waals surface area contributed by atoms with Crippen molar-refractivity contribution in [2.24, 2.45) is 11.8 Å². The van der Waals surface area contributed by atoms with Gasteiger partial charge in [0.15, 0.2) is 17.5 Å². The number of benzene rings is 6. The Balaban J connectivity index is 1.11. The van der Waals surface area contributed by atoms with Crippen LogP contribution in [-0.2, 0) is 5.41 Å². The van der Waals surface area contributed by atoms with Gasteiger partial charge in [-0.05, 0) is 100 Å². The number of hydrogen-bond donors (Lipinski definition) is 0. The zero-order valence-electron chi connectivity index (χ0n) is 29.3. The fourth-order valence-electron chi connectivity index (χ4n) is 9.31. The summed E-state index contributed by atoms with van der Waals surface area (Å²) >= 11 is 0. The quantitative estimate of drug-likeness (QED) is 0.171. The lowest BCUT2D eigenvalue weighted by atomic mass is 9.58. The van der Waals surface area contributed by atoms with Crippen molar-refractivity contribution in [3.63, 3.8) is 0 Å². The topological polar surface area (TPSA) is 38.7 Å². The first-order chi connectivity index (χ1) is 25.6. The molecule has 3 nitrogen and oxygen atoms in total. The van der Waals surface area contributed by atoms with Gasteiger partial charge in [-0.3, -0.25) is 0 Å². The first kappa shape index (κ1) is 30.9. The molecule has 3 aliphatic carbocycles. The first-order valence-corrected chi connectivity index (χ1v) is 18.7. The molecule has 1 fully saturated rings. The van der Waals surface area contributed by atoms with Crippen LogP contribution in [0, 0.1) is 11.8 Å². The monoisotopic (exact) mass is 669 g/mol. The van der Waals surface area contributed by atoms with Crippen LogP contribution in [0.1, 0.15) is 43.7 Å². The lowest BCUT2D eigenvalue weighted by Gasteiger charge is -2.45. The normalized spacial score (nSPS) is 19.9. The van der Waals surface area contributed by atoms with Crippen molar-refractivity contribution in [1.82, 2.24) is 15.0 Å². The highest BCUT2D eigenvalue weighted by Crippen LogP contribution is 2.61. The summed E-state index contributed by atoms with van der Waals surface area (Å²) in [4.78, 5) is 15.0. The number of aromatic nitrogens is 3. The summed E-state index contributed by atoms with van der Waals surface area (Å²) in [7, 11) is 0. The molecular formula is C49H39N3. The fraction of sp³-hybridized carbons (Fsp3) is 0.163. The van der Waals surface area contributed by atoms with Gasteiger partial charge in [0.2, 0.25) is 0 Å². The fourth-order valence-corrected chi connectivity index (χ4v) is 9.31. The molecule has 1 saturated carbocycles. The predicted molar refractivity (Wildman–Crippen MR) is 212 cm³/mol. The molecule has 3 heteroatoms. The van der Waals surface area contributed by atoms with Crippen LogP contribution in [0.2, 0.25) is 0 Å². The molecule has 10 rings (SSSR count). The Kier molecular flexibility index (Phi) is 7.35. The van der Waals surface area contributed by atoms with E-state index in [2.05, 4.69) is 128 Å². The average molecular weight is 670 g/mol. The number of nitrogens with zero attached hydrogens (tertiary/aromatic N) is 3. The van der Waals surface area contributed by atoms with Crippen LogP contribution in [0.5, 0.6) is 0 Å². The Morgan fingerprint density at radius 1 is 0.481 bits per heavy atom. The molecule has 3 aliphatic rings. The molecule has 1 heterocycles. The Morgan fingerprint density at radius 2 is 0.962 bits per heavy atom. The van der Waals surface area contributed by atoms with Gasteiger partial charge in [0.05, 0.1) is 0 Å². The minimum absolute atomic E-state index is 0.0996. The highest BCUT2D eigenvalue weighted by Gasteiger charge is 2.49. The summed E-state index contributed by atoms with van der Waals surface area (Å²) in [5.74, 6) is 3.41. The van der Waals surface area contributed by atoms with Gasteiger partial charge >= 0.3 is 0 Å². The zero-order valence-corrected chi connectivity index (χ0v) is 29.3. The van der Waals surface area contributed by atoms with E-state index in [0.717, 1.165) is 29.0 Å². The lowest BCUT2D eigenvalue weighted by molar-refractivity contribution is 0.284. The smallest absolute Gasteiger partial charge is 0.164 e. The number of rotatable bonds is 5. The van der Waals surface area contributed by atoms with Crippen LogP contribution in [0.15, 0.2) is 163 Å². The SMILES string of the molecule is CC1C=C2CC(CCC23c2cc(-c4ccccc4)ccc2-c2ccc(-c4cccc(-c5nc(-c6ccccc6)nc(-c6ccccc6)n5)c4)cc23)C1. The van der Waals surface area contributed by atoms with Gasteiger partial charge in [-0.1, -0.05) is 152 Å². The number of allylic oxidation sites excluding steroid dienone is 2. The van der Waals surface area contributed by atoms with E-state index in [9.17, 15) is 0 Å². The molecule has 6 aromatic carbocycles. The molecule has 0 amide bonds. The van der Waals surface area contributed by atoms with E-state index in [1.165, 1.54) is 63.8 Å². The second-order valence-corrected chi connectivity index (χ2v) is 14.9. The van der Waals surface area contributed by atoms with Crippen molar-refractivity contribution in [2.75, 3.05) is 0 Å². The Morgan fingerprint density at radius 3 is 1.56 bits per heavy atom. The van der Waals surface area contributed by atoms with Crippen molar-refractivity contribution in [3.8, 4) is 67.5 Å². The van der Waals surface area contributed by atoms with Crippen molar-refractivity contribution in [2.45, 2.75) is 38.0 Å². The van der Waals surface area contributed by atoms with Crippen LogP contribution in [0.25, 0.3) is 67.5 Å². The molecule has 3 unspecified atom stereocenters. The Bertz CT molecular complexity index is 2430. The third kappa shape index (κ3) is 5.14. The molecule has 0 saturated heterocycles. The van der Waals surface area contributed by atoms with E-state index in [1.807, 2.05) is 36.4 Å². The van der Waals surface area contributed by atoms with Crippen LogP contribution < -0.4 is 0 Å². The standard InChI is InChI=1S/C49H39N3/c1-32-26-33-24-25-49(41(27-32)28-33)44-30-38(34-12-5-2-6-13-34)20-22-42(44)43-23-21-39(31-45(43)49)37-18-11-19-40(29-37)48-51-46(35-14-7-3-8-15-35)50-47(52-48)36-16-9-4-10-17-36/h2-23,27,29-33H,24-26,28H2,1H3. The van der Waals surface area contributed by atoms with Crippen molar-refractivity contribution < 1.29 is 0 Å². The molecule has 1 aromatic heterocycles. The largest absolute Gasteiger partial charge is 0.208 e. The minimum atomic E-state index is -0.0996. The summed E-state index contributed by atoms with van der Waals surface area (Å²) in [6.07, 6.45) is 7.57. The van der Waals surface area contributed by atoms with Crippen LogP contribution in [0.4, 0.5) is 0 Å². The number of hydrogen-bond acceptors (Lipinski definition) is 3. The summed E-state index contributed by atoms with van der Waals surface area (Å²) in [5, 5.41) is 0. The van der Waals surface area contributed by atoms with Crippen LogP contribution in [-0.4, -0.2) is 15.0 Å². The molecule has 52 heavy (non-hydrogen) atoms. The molecular weight excluding hydrogens is 631 g/mol. The van der Waals surface area contributed by atoms with E-state index in [1.54, 1.807) is 5.57 Å². The van der Waals surface area contributed by atoms with E-state index in [-0.39, 0.29) is 5.41 Å². The number of fused-ring (bicyclic) bond motifs is 8. The predicted octanol–water partition coefficient (Wildman–Crippen LogP) is 12.2. The van der Waals surface area contributed by atoms with Gasteiger partial charge in [0.1, 0.15) is 0 Å². The second-order valence-electron chi connectivity index (χ2n) is 14.9. The van der Waals surface area contributed by atoms with Crippen LogP contribution in [0.3, 0.4) is 0 Å². The van der Waals surface area contributed by atoms with Crippen LogP contribution >= 0.6 is 0 Å². The summed E-state index contributed by atoms with van der Waals surface area (Å²) < 4.78 is 0. The van der Waals surface area contributed by atoms with Gasteiger partial charge in [0.25, 0.3) is 0 Å². The molecule has 2 bridgehead atoms. The third-order valence-electron chi connectivity index (χ3n) is 11.7. The lowest BCUT2D eigenvalue weighted by Crippen LogP contribution is -2.36. The maximum absolute atomic E-state index is 5.03. The van der Waals surface area contributed by atoms with E-state index in [4.69, 9.17) is 15.0 Å². The highest BCUT2D eigenvalue weighted by molar-refractivity contribution is 5.88. The van der Waals surface area contributed by atoms with Gasteiger partial charge in [-0.2, -0.15) is 0 Å². The summed E-state index contributed by atoms with van der Waals surface area (Å²) in [5.41, 5.74) is 15.1. The summed E-state index contributed by atoms with van der Waals surface area (Å²) in [6, 6.07) is 54.4. The highest BCUT2D eigenvalue weighted by atomic mass is 15.0. The zero-order chi connectivity index (χ0) is 34.6. The van der Waals surface area contributed by atoms with Crippen molar-refractivity contribution in [1.29, 1.82) is 0 Å². The maximum Gasteiger partial charge on any atom is 0.164 e. The first-order valence-electron chi connectivity index (χ1n) is 18.7. The molecule has 0 radical (unpaired) electrons. The molecule has 7 aromatic rings.